The summed E-state index contributed by atoms with van der Waals surface area (Å²) in [7, 11) is 0. The quantitative estimate of drug-likeness (QED) is 0.558. The minimum atomic E-state index is -1.73. The molecule has 0 aliphatic rings. The third kappa shape index (κ3) is 3.31. The molecular formula is C15H10F3N5O3. The number of halogens is 3. The average Bonchev–Trinajstić information content (AvgIpc) is 3.06. The van der Waals surface area contributed by atoms with Crippen molar-refractivity contribution in [2.24, 2.45) is 0 Å². The van der Waals surface area contributed by atoms with Crippen molar-refractivity contribution < 1.29 is 27.5 Å². The van der Waals surface area contributed by atoms with E-state index in [1.807, 2.05) is 5.32 Å². The number of carbonyl (C=O) groups excluding carboxylic acids is 2. The number of fused-ring (bicyclic) bond motifs is 1. The van der Waals surface area contributed by atoms with Crippen molar-refractivity contribution in [2.75, 3.05) is 11.9 Å². The lowest BCUT2D eigenvalue weighted by molar-refractivity contribution is -0.119. The van der Waals surface area contributed by atoms with Gasteiger partial charge in [-0.05, 0) is 25.1 Å². The summed E-state index contributed by atoms with van der Waals surface area (Å²) in [6, 6.07) is 3.14. The predicted octanol–water partition coefficient (Wildman–Crippen LogP) is 1.65. The summed E-state index contributed by atoms with van der Waals surface area (Å²) in [5.74, 6) is -6.79. The number of anilines is 1. The van der Waals surface area contributed by atoms with Crippen LogP contribution in [0.3, 0.4) is 0 Å². The summed E-state index contributed by atoms with van der Waals surface area (Å²) in [4.78, 5) is 31.4. The number of carbonyl (C=O) groups is 2. The molecule has 26 heavy (non-hydrogen) atoms. The second kappa shape index (κ2) is 6.78. The lowest BCUT2D eigenvalue weighted by Gasteiger charge is -2.07. The predicted molar refractivity (Wildman–Crippen MR) is 80.7 cm³/mol. The Balaban J connectivity index is 1.64. The second-order valence-corrected chi connectivity index (χ2v) is 5.08. The van der Waals surface area contributed by atoms with Gasteiger partial charge in [-0.1, -0.05) is 0 Å². The topological polar surface area (TPSA) is 98.5 Å². The van der Waals surface area contributed by atoms with Crippen molar-refractivity contribution >= 4 is 23.3 Å². The van der Waals surface area contributed by atoms with E-state index in [0.29, 0.717) is 11.8 Å². The minimum absolute atomic E-state index is 0.172. The molecule has 3 aromatic rings. The zero-order valence-corrected chi connectivity index (χ0v) is 13.2. The van der Waals surface area contributed by atoms with Crippen molar-refractivity contribution in [3.63, 3.8) is 0 Å². The SMILES string of the molecule is Cc1ccnc2nc(C(=O)OCC(=O)Nc3ccc(F)c(F)c3F)nn12. The Morgan fingerprint density at radius 2 is 1.96 bits per heavy atom. The Kier molecular flexibility index (Phi) is 4.52. The van der Waals surface area contributed by atoms with E-state index >= 15 is 0 Å². The summed E-state index contributed by atoms with van der Waals surface area (Å²) in [6.45, 7) is 0.918. The monoisotopic (exact) mass is 365 g/mol. The summed E-state index contributed by atoms with van der Waals surface area (Å²) >= 11 is 0. The maximum atomic E-state index is 13.5. The highest BCUT2D eigenvalue weighted by atomic mass is 19.2. The van der Waals surface area contributed by atoms with Gasteiger partial charge in [0, 0.05) is 11.9 Å². The number of nitrogens with zero attached hydrogens (tertiary/aromatic N) is 4. The lowest BCUT2D eigenvalue weighted by atomic mass is 10.3. The van der Waals surface area contributed by atoms with Crippen LogP contribution in [-0.2, 0) is 9.53 Å². The van der Waals surface area contributed by atoms with Gasteiger partial charge in [0.25, 0.3) is 17.5 Å². The number of nitrogens with one attached hydrogen (secondary N) is 1. The third-order valence-electron chi connectivity index (χ3n) is 3.26. The van der Waals surface area contributed by atoms with Crippen molar-refractivity contribution in [1.29, 1.82) is 0 Å². The van der Waals surface area contributed by atoms with Crippen LogP contribution in [0.25, 0.3) is 5.78 Å². The maximum Gasteiger partial charge on any atom is 0.378 e. The van der Waals surface area contributed by atoms with Gasteiger partial charge in [-0.3, -0.25) is 4.79 Å². The van der Waals surface area contributed by atoms with Crippen LogP contribution in [0, 0.1) is 24.4 Å². The molecule has 0 spiro atoms. The number of aromatic nitrogens is 4. The molecule has 3 rings (SSSR count). The van der Waals surface area contributed by atoms with Gasteiger partial charge < -0.3 is 10.1 Å². The van der Waals surface area contributed by atoms with Gasteiger partial charge in [-0.25, -0.2) is 27.5 Å². The molecule has 0 atom stereocenters. The van der Waals surface area contributed by atoms with E-state index in [2.05, 4.69) is 15.1 Å². The summed E-state index contributed by atoms with van der Waals surface area (Å²) in [5, 5.41) is 5.86. The zero-order chi connectivity index (χ0) is 18.8. The molecule has 11 heteroatoms. The van der Waals surface area contributed by atoms with E-state index in [4.69, 9.17) is 4.74 Å². The van der Waals surface area contributed by atoms with Crippen LogP contribution in [0.2, 0.25) is 0 Å². The Bertz CT molecular complexity index is 1020. The number of hydrogen-bond acceptors (Lipinski definition) is 6. The average molecular weight is 365 g/mol. The highest BCUT2D eigenvalue weighted by molar-refractivity contribution is 5.94. The standard InChI is InChI=1S/C15H10F3N5O3/c1-7-4-5-19-15-21-13(22-23(7)15)14(25)26-6-10(24)20-9-3-2-8(16)11(17)12(9)18/h2-5H,6H2,1H3,(H,20,24). The van der Waals surface area contributed by atoms with Crippen LogP contribution in [0.5, 0.6) is 0 Å². The highest BCUT2D eigenvalue weighted by Gasteiger charge is 2.19. The highest BCUT2D eigenvalue weighted by Crippen LogP contribution is 2.19. The third-order valence-corrected chi connectivity index (χ3v) is 3.26. The van der Waals surface area contributed by atoms with Gasteiger partial charge in [0.2, 0.25) is 0 Å². The van der Waals surface area contributed by atoms with Gasteiger partial charge in [0.15, 0.2) is 24.1 Å². The van der Waals surface area contributed by atoms with Gasteiger partial charge in [-0.15, -0.1) is 5.10 Å². The first kappa shape index (κ1) is 17.3. The minimum Gasteiger partial charge on any atom is -0.450 e. The first-order chi connectivity index (χ1) is 12.4. The number of aryl methyl sites for hydroxylation is 1. The van der Waals surface area contributed by atoms with Gasteiger partial charge in [0.05, 0.1) is 5.69 Å². The molecule has 1 amide bonds. The summed E-state index contributed by atoms with van der Waals surface area (Å²) in [6.07, 6.45) is 1.48. The molecule has 0 fully saturated rings. The molecule has 0 bridgehead atoms. The molecule has 2 heterocycles. The fourth-order valence-corrected chi connectivity index (χ4v) is 2.00. The van der Waals surface area contributed by atoms with E-state index in [1.165, 1.54) is 10.7 Å². The molecule has 134 valence electrons. The number of hydrogen-bond donors (Lipinski definition) is 1. The van der Waals surface area contributed by atoms with Crippen LogP contribution < -0.4 is 5.32 Å². The number of benzene rings is 1. The van der Waals surface area contributed by atoms with Crippen LogP contribution in [0.15, 0.2) is 24.4 Å². The first-order valence-corrected chi connectivity index (χ1v) is 7.15. The number of rotatable bonds is 4. The molecule has 0 aliphatic heterocycles. The first-order valence-electron chi connectivity index (χ1n) is 7.15. The molecule has 0 radical (unpaired) electrons. The summed E-state index contributed by atoms with van der Waals surface area (Å²) < 4.78 is 45.4. The molecule has 0 unspecified atom stereocenters. The molecule has 0 saturated heterocycles. The van der Waals surface area contributed by atoms with E-state index in [0.717, 1.165) is 6.07 Å². The molecular weight excluding hydrogens is 355 g/mol. The largest absolute Gasteiger partial charge is 0.450 e. The summed E-state index contributed by atoms with van der Waals surface area (Å²) in [5.41, 5.74) is 0.0868. The molecule has 0 aliphatic carbocycles. The molecule has 8 nitrogen and oxygen atoms in total. The van der Waals surface area contributed by atoms with Crippen LogP contribution in [0.4, 0.5) is 18.9 Å². The molecule has 2 aromatic heterocycles. The Morgan fingerprint density at radius 3 is 2.69 bits per heavy atom. The normalized spacial score (nSPS) is 10.8. The number of ether oxygens (including phenoxy) is 1. The van der Waals surface area contributed by atoms with Crippen molar-refractivity contribution in [3.8, 4) is 0 Å². The molecule has 1 N–H and O–H groups in total. The van der Waals surface area contributed by atoms with E-state index in [-0.39, 0.29) is 11.6 Å². The Labute approximate surface area is 143 Å². The zero-order valence-electron chi connectivity index (χ0n) is 13.2. The van der Waals surface area contributed by atoms with Gasteiger partial charge in [-0.2, -0.15) is 4.98 Å². The van der Waals surface area contributed by atoms with Gasteiger partial charge in [0.1, 0.15) is 0 Å². The lowest BCUT2D eigenvalue weighted by Crippen LogP contribution is -2.22. The van der Waals surface area contributed by atoms with E-state index in [9.17, 15) is 22.8 Å². The number of esters is 1. The van der Waals surface area contributed by atoms with Crippen LogP contribution in [-0.4, -0.2) is 38.1 Å². The maximum absolute atomic E-state index is 13.5. The number of amides is 1. The fourth-order valence-electron chi connectivity index (χ4n) is 2.00. The fraction of sp³-hybridized carbons (Fsp3) is 0.133. The smallest absolute Gasteiger partial charge is 0.378 e. The van der Waals surface area contributed by atoms with Crippen molar-refractivity contribution in [2.45, 2.75) is 6.92 Å². The van der Waals surface area contributed by atoms with Crippen LogP contribution in [0.1, 0.15) is 16.3 Å². The Morgan fingerprint density at radius 1 is 1.19 bits per heavy atom. The Hall–Kier alpha value is -3.50. The van der Waals surface area contributed by atoms with Gasteiger partial charge >= 0.3 is 5.97 Å². The van der Waals surface area contributed by atoms with E-state index < -0.39 is 41.6 Å². The molecule has 1 aromatic carbocycles. The van der Waals surface area contributed by atoms with E-state index in [1.54, 1.807) is 13.0 Å². The second-order valence-electron chi connectivity index (χ2n) is 5.08. The molecule has 0 saturated carbocycles. The van der Waals surface area contributed by atoms with Crippen molar-refractivity contribution in [3.05, 3.63) is 53.4 Å². The van der Waals surface area contributed by atoms with Crippen molar-refractivity contribution in [1.82, 2.24) is 19.6 Å². The van der Waals surface area contributed by atoms with Crippen LogP contribution >= 0.6 is 0 Å².